The lowest BCUT2D eigenvalue weighted by Gasteiger charge is -2.38. The van der Waals surface area contributed by atoms with Crippen molar-refractivity contribution in [3.05, 3.63) is 0 Å². The molecule has 7 nitrogen and oxygen atoms in total. The number of aliphatic hydroxyl groups is 1. The molecular formula is C15H28N4O3. The summed E-state index contributed by atoms with van der Waals surface area (Å²) in [5.74, 6) is 0.552. The smallest absolute Gasteiger partial charge is 0.312 e. The third-order valence-electron chi connectivity index (χ3n) is 4.72. The van der Waals surface area contributed by atoms with E-state index in [4.69, 9.17) is 5.73 Å². The number of aliphatic hydroxyl groups excluding tert-OH is 1. The van der Waals surface area contributed by atoms with E-state index < -0.39 is 18.7 Å². The first-order valence-electron chi connectivity index (χ1n) is 8.28. The first-order valence-corrected chi connectivity index (χ1v) is 8.28. The lowest BCUT2D eigenvalue weighted by atomic mass is 9.89. The largest absolute Gasteiger partial charge is 0.394 e. The van der Waals surface area contributed by atoms with Gasteiger partial charge >= 0.3 is 6.03 Å². The predicted molar refractivity (Wildman–Crippen MR) is 83.2 cm³/mol. The maximum Gasteiger partial charge on any atom is 0.312 e. The first-order chi connectivity index (χ1) is 10.6. The summed E-state index contributed by atoms with van der Waals surface area (Å²) in [6.45, 7) is 3.70. The fourth-order valence-corrected chi connectivity index (χ4v) is 3.46. The third kappa shape index (κ3) is 4.84. The average Bonchev–Trinajstić information content (AvgIpc) is 2.53. The standard InChI is InChI=1S/C15H28N4O3/c16-15(22)17-13(11-20)14(21)19-8-6-18(7-9-19)10-12-4-2-1-3-5-12/h12-13,20H,1-11H2,(H3,16,17,22)/t13-/m0/s1. The van der Waals surface area contributed by atoms with E-state index in [1.54, 1.807) is 4.90 Å². The lowest BCUT2D eigenvalue weighted by molar-refractivity contribution is -0.136. The predicted octanol–water partition coefficient (Wildman–Crippen LogP) is -0.260. The van der Waals surface area contributed by atoms with E-state index in [2.05, 4.69) is 10.2 Å². The van der Waals surface area contributed by atoms with Gasteiger partial charge in [0.2, 0.25) is 5.91 Å². The van der Waals surface area contributed by atoms with Crippen molar-refractivity contribution in [2.45, 2.75) is 38.1 Å². The molecular weight excluding hydrogens is 284 g/mol. The van der Waals surface area contributed by atoms with Crippen molar-refractivity contribution < 1.29 is 14.7 Å². The van der Waals surface area contributed by atoms with Gasteiger partial charge in [-0.05, 0) is 18.8 Å². The number of amides is 3. The molecule has 0 unspecified atom stereocenters. The van der Waals surface area contributed by atoms with E-state index in [1.807, 2.05) is 0 Å². The SMILES string of the molecule is NC(=O)N[C@@H](CO)C(=O)N1CCN(CC2CCCCC2)CC1. The summed E-state index contributed by atoms with van der Waals surface area (Å²) in [5, 5.41) is 11.5. The molecule has 126 valence electrons. The maximum absolute atomic E-state index is 12.2. The van der Waals surface area contributed by atoms with Crippen molar-refractivity contribution in [1.82, 2.24) is 15.1 Å². The second-order valence-corrected chi connectivity index (χ2v) is 6.37. The summed E-state index contributed by atoms with van der Waals surface area (Å²) in [4.78, 5) is 27.2. The molecule has 3 amide bonds. The van der Waals surface area contributed by atoms with Gasteiger partial charge < -0.3 is 21.1 Å². The Bertz CT molecular complexity index is 377. The van der Waals surface area contributed by atoms with Gasteiger partial charge in [-0.2, -0.15) is 0 Å². The van der Waals surface area contributed by atoms with Crippen LogP contribution in [0.5, 0.6) is 0 Å². The van der Waals surface area contributed by atoms with Crippen molar-refractivity contribution in [3.8, 4) is 0 Å². The van der Waals surface area contributed by atoms with Crippen LogP contribution in [-0.4, -0.2) is 72.2 Å². The van der Waals surface area contributed by atoms with E-state index in [-0.39, 0.29) is 5.91 Å². The average molecular weight is 312 g/mol. The van der Waals surface area contributed by atoms with Crippen LogP contribution in [0.2, 0.25) is 0 Å². The highest BCUT2D eigenvalue weighted by Crippen LogP contribution is 2.24. The van der Waals surface area contributed by atoms with Crippen LogP contribution >= 0.6 is 0 Å². The minimum Gasteiger partial charge on any atom is -0.394 e. The van der Waals surface area contributed by atoms with Gasteiger partial charge in [0.15, 0.2) is 0 Å². The van der Waals surface area contributed by atoms with Gasteiger partial charge in [0, 0.05) is 32.7 Å². The molecule has 1 aliphatic carbocycles. The molecule has 7 heteroatoms. The summed E-state index contributed by atoms with van der Waals surface area (Å²) >= 11 is 0. The van der Waals surface area contributed by atoms with Crippen LogP contribution in [0.4, 0.5) is 4.79 Å². The van der Waals surface area contributed by atoms with Crippen LogP contribution in [0, 0.1) is 5.92 Å². The number of hydrogen-bond donors (Lipinski definition) is 3. The zero-order chi connectivity index (χ0) is 15.9. The van der Waals surface area contributed by atoms with Crippen molar-refractivity contribution in [3.63, 3.8) is 0 Å². The van der Waals surface area contributed by atoms with Gasteiger partial charge in [-0.25, -0.2) is 4.79 Å². The minimum absolute atomic E-state index is 0.251. The monoisotopic (exact) mass is 312 g/mol. The van der Waals surface area contributed by atoms with E-state index in [0.717, 1.165) is 25.6 Å². The Morgan fingerprint density at radius 1 is 1.14 bits per heavy atom. The highest BCUT2D eigenvalue weighted by Gasteiger charge is 2.28. The molecule has 2 fully saturated rings. The summed E-state index contributed by atoms with van der Waals surface area (Å²) in [6, 6.07) is -1.72. The Balaban J connectivity index is 1.75. The zero-order valence-electron chi connectivity index (χ0n) is 13.2. The Kier molecular flexibility index (Phi) is 6.45. The van der Waals surface area contributed by atoms with Crippen LogP contribution in [0.25, 0.3) is 0 Å². The number of nitrogens with zero attached hydrogens (tertiary/aromatic N) is 2. The quantitative estimate of drug-likeness (QED) is 0.651. The summed E-state index contributed by atoms with van der Waals surface area (Å²) in [6.07, 6.45) is 6.72. The summed E-state index contributed by atoms with van der Waals surface area (Å²) in [5.41, 5.74) is 5.02. The van der Waals surface area contributed by atoms with E-state index >= 15 is 0 Å². The van der Waals surface area contributed by atoms with Gasteiger partial charge in [0.1, 0.15) is 6.04 Å². The van der Waals surface area contributed by atoms with Crippen LogP contribution in [-0.2, 0) is 4.79 Å². The molecule has 0 aromatic rings. The molecule has 1 atom stereocenters. The van der Waals surface area contributed by atoms with E-state index in [1.165, 1.54) is 32.1 Å². The highest BCUT2D eigenvalue weighted by atomic mass is 16.3. The lowest BCUT2D eigenvalue weighted by Crippen LogP contribution is -2.57. The van der Waals surface area contributed by atoms with Crippen LogP contribution < -0.4 is 11.1 Å². The molecule has 2 aliphatic rings. The number of nitrogens with one attached hydrogen (secondary N) is 1. The Morgan fingerprint density at radius 2 is 1.77 bits per heavy atom. The summed E-state index contributed by atoms with van der Waals surface area (Å²) in [7, 11) is 0. The number of rotatable bonds is 5. The van der Waals surface area contributed by atoms with E-state index in [0.29, 0.717) is 13.1 Å². The van der Waals surface area contributed by atoms with E-state index in [9.17, 15) is 14.7 Å². The molecule has 22 heavy (non-hydrogen) atoms. The fraction of sp³-hybridized carbons (Fsp3) is 0.867. The molecule has 4 N–H and O–H groups in total. The van der Waals surface area contributed by atoms with Gasteiger partial charge in [-0.15, -0.1) is 0 Å². The normalized spacial score (nSPS) is 22.3. The Labute approximate surface area is 131 Å². The van der Waals surface area contributed by atoms with Crippen LogP contribution in [0.15, 0.2) is 0 Å². The highest BCUT2D eigenvalue weighted by molar-refractivity contribution is 5.86. The number of piperazine rings is 1. The zero-order valence-corrected chi connectivity index (χ0v) is 13.2. The van der Waals surface area contributed by atoms with Crippen molar-refractivity contribution in [1.29, 1.82) is 0 Å². The van der Waals surface area contributed by atoms with Gasteiger partial charge in [0.25, 0.3) is 0 Å². The topological polar surface area (TPSA) is 98.9 Å². The van der Waals surface area contributed by atoms with Crippen molar-refractivity contribution in [2.24, 2.45) is 11.7 Å². The molecule has 0 bridgehead atoms. The third-order valence-corrected chi connectivity index (χ3v) is 4.72. The van der Waals surface area contributed by atoms with Crippen molar-refractivity contribution >= 4 is 11.9 Å². The second kappa shape index (κ2) is 8.33. The fourth-order valence-electron chi connectivity index (χ4n) is 3.46. The molecule has 0 radical (unpaired) electrons. The number of hydrogen-bond acceptors (Lipinski definition) is 4. The molecule has 1 saturated carbocycles. The molecule has 0 spiro atoms. The second-order valence-electron chi connectivity index (χ2n) is 6.37. The number of urea groups is 1. The molecule has 1 aliphatic heterocycles. The van der Waals surface area contributed by atoms with Crippen LogP contribution in [0.1, 0.15) is 32.1 Å². The number of carbonyl (C=O) groups excluding carboxylic acids is 2. The molecule has 1 saturated heterocycles. The van der Waals surface area contributed by atoms with Gasteiger partial charge in [-0.1, -0.05) is 19.3 Å². The summed E-state index contributed by atoms with van der Waals surface area (Å²) < 4.78 is 0. The Hall–Kier alpha value is -1.34. The van der Waals surface area contributed by atoms with Gasteiger partial charge in [0.05, 0.1) is 6.61 Å². The van der Waals surface area contributed by atoms with Crippen LogP contribution in [0.3, 0.4) is 0 Å². The molecule has 0 aromatic carbocycles. The number of primary amides is 1. The number of nitrogens with two attached hydrogens (primary N) is 1. The maximum atomic E-state index is 12.2. The Morgan fingerprint density at radius 3 is 2.32 bits per heavy atom. The minimum atomic E-state index is -0.928. The van der Waals surface area contributed by atoms with Crippen molar-refractivity contribution in [2.75, 3.05) is 39.3 Å². The molecule has 2 rings (SSSR count). The molecule has 1 heterocycles. The molecule has 0 aromatic heterocycles. The first kappa shape index (κ1) is 17.0. The van der Waals surface area contributed by atoms with Gasteiger partial charge in [-0.3, -0.25) is 9.69 Å². The number of carbonyl (C=O) groups is 2.